The Morgan fingerprint density at radius 1 is 0.864 bits per heavy atom. The van der Waals surface area contributed by atoms with E-state index in [2.05, 4.69) is 15.9 Å². The predicted octanol–water partition coefficient (Wildman–Crippen LogP) is 3.76. The molecule has 4 rings (SSSR count). The third-order valence-corrected chi connectivity index (χ3v) is 5.12. The first-order valence-corrected chi connectivity index (χ1v) is 8.23. The van der Waals surface area contributed by atoms with Crippen LogP contribution >= 0.6 is 11.3 Å². The van der Waals surface area contributed by atoms with Crippen LogP contribution in [0.2, 0.25) is 0 Å². The Morgan fingerprint density at radius 2 is 1.55 bits per heavy atom. The lowest BCUT2D eigenvalue weighted by Crippen LogP contribution is -2.46. The maximum Gasteiger partial charge on any atom is 0.186 e. The van der Waals surface area contributed by atoms with Gasteiger partial charge in [-0.15, -0.1) is 0 Å². The van der Waals surface area contributed by atoms with Gasteiger partial charge in [-0.1, -0.05) is 35.6 Å². The van der Waals surface area contributed by atoms with Gasteiger partial charge in [0.05, 0.1) is 15.9 Å². The van der Waals surface area contributed by atoms with Gasteiger partial charge < -0.3 is 9.80 Å². The molecule has 22 heavy (non-hydrogen) atoms. The minimum atomic E-state index is -0.143. The second-order valence-electron chi connectivity index (χ2n) is 5.39. The molecular weight excluding hydrogens is 297 g/mol. The van der Waals surface area contributed by atoms with Gasteiger partial charge in [0.2, 0.25) is 0 Å². The molecule has 0 atom stereocenters. The third-order valence-electron chi connectivity index (χ3n) is 4.03. The van der Waals surface area contributed by atoms with Gasteiger partial charge in [-0.25, -0.2) is 9.37 Å². The van der Waals surface area contributed by atoms with Crippen molar-refractivity contribution >= 4 is 32.4 Å². The first-order chi connectivity index (χ1) is 10.8. The van der Waals surface area contributed by atoms with E-state index in [9.17, 15) is 4.39 Å². The lowest BCUT2D eigenvalue weighted by Gasteiger charge is -2.36. The number of nitrogens with zero attached hydrogens (tertiary/aromatic N) is 3. The van der Waals surface area contributed by atoms with Crippen LogP contribution in [0.4, 0.5) is 15.2 Å². The zero-order chi connectivity index (χ0) is 14.9. The van der Waals surface area contributed by atoms with Crippen molar-refractivity contribution < 1.29 is 4.39 Å². The molecule has 5 heteroatoms. The van der Waals surface area contributed by atoms with Gasteiger partial charge in [-0.05, 0) is 24.3 Å². The highest BCUT2D eigenvalue weighted by Gasteiger charge is 2.21. The molecule has 0 amide bonds. The average molecular weight is 313 g/mol. The van der Waals surface area contributed by atoms with Crippen molar-refractivity contribution in [2.24, 2.45) is 0 Å². The van der Waals surface area contributed by atoms with Gasteiger partial charge in [-0.3, -0.25) is 0 Å². The van der Waals surface area contributed by atoms with Crippen LogP contribution in [0.5, 0.6) is 0 Å². The Bertz CT molecular complexity index is 760. The summed E-state index contributed by atoms with van der Waals surface area (Å²) in [6.07, 6.45) is 0. The van der Waals surface area contributed by atoms with Crippen molar-refractivity contribution in [3.63, 3.8) is 0 Å². The molecule has 112 valence electrons. The van der Waals surface area contributed by atoms with Crippen molar-refractivity contribution in [1.29, 1.82) is 0 Å². The molecular formula is C17H16FN3S. The SMILES string of the molecule is Fc1ccccc1N1CCN(c2nc3ccccc3s2)CC1. The van der Waals surface area contributed by atoms with E-state index in [1.807, 2.05) is 30.3 Å². The van der Waals surface area contributed by atoms with Crippen LogP contribution in [-0.4, -0.2) is 31.2 Å². The molecule has 0 spiro atoms. The average Bonchev–Trinajstić information content (AvgIpc) is 2.99. The second-order valence-corrected chi connectivity index (χ2v) is 6.40. The summed E-state index contributed by atoms with van der Waals surface area (Å²) in [5.41, 5.74) is 1.76. The molecule has 3 nitrogen and oxygen atoms in total. The summed E-state index contributed by atoms with van der Waals surface area (Å²) in [4.78, 5) is 9.11. The number of aromatic nitrogens is 1. The summed E-state index contributed by atoms with van der Waals surface area (Å²) in [7, 11) is 0. The standard InChI is InChI=1S/C17H16FN3S/c18-13-5-1-3-7-15(13)20-9-11-21(12-10-20)17-19-14-6-2-4-8-16(14)22-17/h1-8H,9-12H2. The fraction of sp³-hybridized carbons (Fsp3) is 0.235. The number of fused-ring (bicyclic) bond motifs is 1. The summed E-state index contributed by atoms with van der Waals surface area (Å²) in [6.45, 7) is 3.37. The monoisotopic (exact) mass is 313 g/mol. The van der Waals surface area contributed by atoms with E-state index >= 15 is 0 Å². The minimum Gasteiger partial charge on any atom is -0.366 e. The van der Waals surface area contributed by atoms with Gasteiger partial charge in [0.25, 0.3) is 0 Å². The molecule has 0 unspecified atom stereocenters. The molecule has 0 saturated carbocycles. The number of piperazine rings is 1. The molecule has 0 radical (unpaired) electrons. The largest absolute Gasteiger partial charge is 0.366 e. The Labute approximate surface area is 132 Å². The van der Waals surface area contributed by atoms with Crippen LogP contribution in [0.15, 0.2) is 48.5 Å². The van der Waals surface area contributed by atoms with Crippen molar-refractivity contribution in [1.82, 2.24) is 4.98 Å². The van der Waals surface area contributed by atoms with Crippen LogP contribution in [0.1, 0.15) is 0 Å². The number of thiazole rings is 1. The van der Waals surface area contributed by atoms with E-state index < -0.39 is 0 Å². The molecule has 1 aliphatic heterocycles. The highest BCUT2D eigenvalue weighted by molar-refractivity contribution is 7.22. The van der Waals surface area contributed by atoms with E-state index in [0.717, 1.165) is 36.8 Å². The first kappa shape index (κ1) is 13.5. The molecule has 1 aromatic heterocycles. The highest BCUT2D eigenvalue weighted by Crippen LogP contribution is 2.30. The number of rotatable bonds is 2. The van der Waals surface area contributed by atoms with E-state index in [-0.39, 0.29) is 5.82 Å². The summed E-state index contributed by atoms with van der Waals surface area (Å²) < 4.78 is 15.1. The van der Waals surface area contributed by atoms with E-state index in [1.54, 1.807) is 17.4 Å². The Morgan fingerprint density at radius 3 is 2.32 bits per heavy atom. The summed E-state index contributed by atoms with van der Waals surface area (Å²) in [5, 5.41) is 1.06. The van der Waals surface area contributed by atoms with E-state index in [4.69, 9.17) is 4.98 Å². The molecule has 0 aliphatic carbocycles. The number of para-hydroxylation sites is 2. The molecule has 1 saturated heterocycles. The van der Waals surface area contributed by atoms with Gasteiger partial charge in [0.1, 0.15) is 5.82 Å². The molecule has 1 fully saturated rings. The normalized spacial score (nSPS) is 15.5. The Kier molecular flexibility index (Phi) is 3.42. The van der Waals surface area contributed by atoms with Gasteiger partial charge in [-0.2, -0.15) is 0 Å². The van der Waals surface area contributed by atoms with Gasteiger partial charge in [0, 0.05) is 26.2 Å². The van der Waals surface area contributed by atoms with Gasteiger partial charge >= 0.3 is 0 Å². The molecule has 0 bridgehead atoms. The van der Waals surface area contributed by atoms with Crippen LogP contribution in [0.3, 0.4) is 0 Å². The maximum atomic E-state index is 13.9. The second kappa shape index (κ2) is 5.57. The Hall–Kier alpha value is -2.14. The molecule has 2 aromatic carbocycles. The minimum absolute atomic E-state index is 0.143. The van der Waals surface area contributed by atoms with Crippen molar-refractivity contribution in [2.45, 2.75) is 0 Å². The topological polar surface area (TPSA) is 19.4 Å². The fourth-order valence-corrected chi connectivity index (χ4v) is 3.86. The smallest absolute Gasteiger partial charge is 0.186 e. The van der Waals surface area contributed by atoms with Crippen molar-refractivity contribution in [3.8, 4) is 0 Å². The Balaban J connectivity index is 1.51. The summed E-state index contributed by atoms with van der Waals surface area (Å²) in [5.74, 6) is -0.143. The number of benzene rings is 2. The highest BCUT2D eigenvalue weighted by atomic mass is 32.1. The number of hydrogen-bond donors (Lipinski definition) is 0. The van der Waals surface area contributed by atoms with Crippen molar-refractivity contribution in [2.75, 3.05) is 36.0 Å². The van der Waals surface area contributed by atoms with E-state index in [0.29, 0.717) is 5.69 Å². The predicted molar refractivity (Wildman–Crippen MR) is 90.4 cm³/mol. The molecule has 1 aliphatic rings. The van der Waals surface area contributed by atoms with Crippen LogP contribution < -0.4 is 9.80 Å². The van der Waals surface area contributed by atoms with Crippen LogP contribution in [0.25, 0.3) is 10.2 Å². The quantitative estimate of drug-likeness (QED) is 0.718. The summed E-state index contributed by atoms with van der Waals surface area (Å²) in [6, 6.07) is 15.2. The number of halogens is 1. The lowest BCUT2D eigenvalue weighted by molar-refractivity contribution is 0.597. The molecule has 2 heterocycles. The van der Waals surface area contributed by atoms with E-state index in [1.165, 1.54) is 10.8 Å². The van der Waals surface area contributed by atoms with Gasteiger partial charge in [0.15, 0.2) is 5.13 Å². The van der Waals surface area contributed by atoms with Crippen LogP contribution in [0, 0.1) is 5.82 Å². The molecule has 0 N–H and O–H groups in total. The summed E-state index contributed by atoms with van der Waals surface area (Å²) >= 11 is 1.73. The van der Waals surface area contributed by atoms with Crippen molar-refractivity contribution in [3.05, 3.63) is 54.3 Å². The zero-order valence-electron chi connectivity index (χ0n) is 12.1. The third kappa shape index (κ3) is 2.41. The zero-order valence-corrected chi connectivity index (χ0v) is 12.9. The fourth-order valence-electron chi connectivity index (χ4n) is 2.84. The van der Waals surface area contributed by atoms with Crippen LogP contribution in [-0.2, 0) is 0 Å². The molecule has 3 aromatic rings. The lowest BCUT2D eigenvalue weighted by atomic mass is 10.2. The number of anilines is 2. The first-order valence-electron chi connectivity index (χ1n) is 7.41. The maximum absolute atomic E-state index is 13.9. The number of hydrogen-bond acceptors (Lipinski definition) is 4.